The van der Waals surface area contributed by atoms with Crippen LogP contribution in [0.15, 0.2) is 24.3 Å². The van der Waals surface area contributed by atoms with Crippen LogP contribution < -0.4 is 15.4 Å². The SMILES string of the molecule is CCC(CC)NC(=O)Oc1cccc(NC(=O)SC)c1. The summed E-state index contributed by atoms with van der Waals surface area (Å²) in [5, 5.41) is 5.30. The van der Waals surface area contributed by atoms with Gasteiger partial charge in [0, 0.05) is 17.8 Å². The van der Waals surface area contributed by atoms with Crippen molar-refractivity contribution in [3.05, 3.63) is 24.3 Å². The number of amides is 2. The van der Waals surface area contributed by atoms with Crippen LogP contribution in [0.25, 0.3) is 0 Å². The van der Waals surface area contributed by atoms with E-state index in [1.807, 2.05) is 13.8 Å². The molecule has 0 aromatic heterocycles. The Balaban J connectivity index is 2.61. The summed E-state index contributed by atoms with van der Waals surface area (Å²) in [6.45, 7) is 4.01. The van der Waals surface area contributed by atoms with Crippen molar-refractivity contribution in [2.24, 2.45) is 0 Å². The lowest BCUT2D eigenvalue weighted by Gasteiger charge is -2.14. The summed E-state index contributed by atoms with van der Waals surface area (Å²) in [5.41, 5.74) is 0.595. The van der Waals surface area contributed by atoms with E-state index in [0.717, 1.165) is 24.6 Å². The average Bonchev–Trinajstić information content (AvgIpc) is 2.44. The lowest BCUT2D eigenvalue weighted by atomic mass is 10.2. The molecule has 0 aliphatic rings. The number of benzene rings is 1. The molecule has 20 heavy (non-hydrogen) atoms. The van der Waals surface area contributed by atoms with Gasteiger partial charge in [-0.1, -0.05) is 31.7 Å². The van der Waals surface area contributed by atoms with E-state index in [1.54, 1.807) is 30.5 Å². The maximum Gasteiger partial charge on any atom is 0.412 e. The van der Waals surface area contributed by atoms with Crippen molar-refractivity contribution in [2.75, 3.05) is 11.6 Å². The highest BCUT2D eigenvalue weighted by molar-refractivity contribution is 8.13. The lowest BCUT2D eigenvalue weighted by Crippen LogP contribution is -2.35. The first-order valence-electron chi connectivity index (χ1n) is 6.52. The Bertz CT molecular complexity index is 461. The predicted octanol–water partition coefficient (Wildman–Crippen LogP) is 3.86. The van der Waals surface area contributed by atoms with E-state index in [9.17, 15) is 9.59 Å². The van der Waals surface area contributed by atoms with Crippen LogP contribution in [-0.2, 0) is 0 Å². The zero-order valence-electron chi connectivity index (χ0n) is 11.9. The van der Waals surface area contributed by atoms with Gasteiger partial charge in [0.05, 0.1) is 0 Å². The van der Waals surface area contributed by atoms with E-state index in [-0.39, 0.29) is 11.3 Å². The fourth-order valence-electron chi connectivity index (χ4n) is 1.60. The van der Waals surface area contributed by atoms with Gasteiger partial charge in [0.2, 0.25) is 0 Å². The third-order valence-electron chi connectivity index (χ3n) is 2.78. The molecule has 0 radical (unpaired) electrons. The summed E-state index contributed by atoms with van der Waals surface area (Å²) in [4.78, 5) is 23.0. The van der Waals surface area contributed by atoms with Crippen LogP contribution in [0.2, 0.25) is 0 Å². The topological polar surface area (TPSA) is 67.4 Å². The molecule has 0 spiro atoms. The molecule has 0 unspecified atom stereocenters. The van der Waals surface area contributed by atoms with Crippen molar-refractivity contribution in [1.29, 1.82) is 0 Å². The summed E-state index contributed by atoms with van der Waals surface area (Å²) in [6.07, 6.45) is 2.93. The van der Waals surface area contributed by atoms with Gasteiger partial charge in [-0.15, -0.1) is 0 Å². The fourth-order valence-corrected chi connectivity index (χ4v) is 1.82. The van der Waals surface area contributed by atoms with Gasteiger partial charge in [-0.2, -0.15) is 0 Å². The Morgan fingerprint density at radius 2 is 2.00 bits per heavy atom. The molecule has 1 aromatic carbocycles. The number of rotatable bonds is 5. The quantitative estimate of drug-likeness (QED) is 0.866. The van der Waals surface area contributed by atoms with E-state index in [2.05, 4.69) is 10.6 Å². The van der Waals surface area contributed by atoms with Crippen LogP contribution in [-0.4, -0.2) is 23.6 Å². The fraction of sp³-hybridized carbons (Fsp3) is 0.429. The molecule has 2 N–H and O–H groups in total. The highest BCUT2D eigenvalue weighted by Gasteiger charge is 2.10. The first kappa shape index (κ1) is 16.4. The molecule has 6 heteroatoms. The van der Waals surface area contributed by atoms with Gasteiger partial charge in [0.15, 0.2) is 0 Å². The Labute approximate surface area is 123 Å². The number of hydrogen-bond donors (Lipinski definition) is 2. The van der Waals surface area contributed by atoms with Crippen LogP contribution in [0.1, 0.15) is 26.7 Å². The normalized spacial score (nSPS) is 10.2. The number of thioether (sulfide) groups is 1. The molecule has 110 valence electrons. The van der Waals surface area contributed by atoms with Crippen molar-refractivity contribution in [1.82, 2.24) is 5.32 Å². The van der Waals surface area contributed by atoms with Crippen LogP contribution in [0.3, 0.4) is 0 Å². The minimum Gasteiger partial charge on any atom is -0.410 e. The molecule has 1 rings (SSSR count). The van der Waals surface area contributed by atoms with Crippen molar-refractivity contribution in [3.8, 4) is 5.75 Å². The standard InChI is InChI=1S/C14H20N2O3S/c1-4-10(5-2)15-13(17)19-12-8-6-7-11(9-12)16-14(18)20-3/h6-10H,4-5H2,1-3H3,(H,15,17)(H,16,18). The van der Waals surface area contributed by atoms with Gasteiger partial charge in [0.25, 0.3) is 5.24 Å². The molecular weight excluding hydrogens is 276 g/mol. The molecule has 0 saturated carbocycles. The summed E-state index contributed by atoms with van der Waals surface area (Å²) in [5.74, 6) is 0.396. The van der Waals surface area contributed by atoms with E-state index in [0.29, 0.717) is 11.4 Å². The van der Waals surface area contributed by atoms with Gasteiger partial charge >= 0.3 is 6.09 Å². The van der Waals surface area contributed by atoms with Crippen molar-refractivity contribution >= 4 is 28.8 Å². The van der Waals surface area contributed by atoms with Gasteiger partial charge < -0.3 is 15.4 Å². The lowest BCUT2D eigenvalue weighted by molar-refractivity contribution is 0.195. The molecular formula is C14H20N2O3S. The van der Waals surface area contributed by atoms with E-state index in [4.69, 9.17) is 4.74 Å². The first-order valence-corrected chi connectivity index (χ1v) is 7.74. The summed E-state index contributed by atoms with van der Waals surface area (Å²) >= 11 is 1.08. The van der Waals surface area contributed by atoms with Crippen molar-refractivity contribution in [2.45, 2.75) is 32.7 Å². The van der Waals surface area contributed by atoms with Crippen LogP contribution >= 0.6 is 11.8 Å². The molecule has 0 atom stereocenters. The molecule has 0 saturated heterocycles. The average molecular weight is 296 g/mol. The van der Waals surface area contributed by atoms with E-state index < -0.39 is 6.09 Å². The number of ether oxygens (including phenoxy) is 1. The van der Waals surface area contributed by atoms with Crippen molar-refractivity contribution < 1.29 is 14.3 Å². The summed E-state index contributed by atoms with van der Waals surface area (Å²) in [6, 6.07) is 6.85. The highest BCUT2D eigenvalue weighted by Crippen LogP contribution is 2.18. The Morgan fingerprint density at radius 1 is 1.30 bits per heavy atom. The van der Waals surface area contributed by atoms with E-state index in [1.165, 1.54) is 0 Å². The summed E-state index contributed by atoms with van der Waals surface area (Å²) in [7, 11) is 0. The molecule has 0 bridgehead atoms. The Hall–Kier alpha value is -1.69. The third-order valence-corrected chi connectivity index (χ3v) is 3.26. The Kier molecular flexibility index (Phi) is 6.93. The maximum atomic E-state index is 11.7. The Morgan fingerprint density at radius 3 is 2.60 bits per heavy atom. The number of carbonyl (C=O) groups excluding carboxylic acids is 2. The number of nitrogens with one attached hydrogen (secondary N) is 2. The van der Waals surface area contributed by atoms with Crippen molar-refractivity contribution in [3.63, 3.8) is 0 Å². The summed E-state index contributed by atoms with van der Waals surface area (Å²) < 4.78 is 5.20. The molecule has 1 aromatic rings. The third kappa shape index (κ3) is 5.52. The zero-order valence-corrected chi connectivity index (χ0v) is 12.8. The highest BCUT2D eigenvalue weighted by atomic mass is 32.2. The number of anilines is 1. The van der Waals surface area contributed by atoms with Gasteiger partial charge in [-0.3, -0.25) is 4.79 Å². The van der Waals surface area contributed by atoms with Gasteiger partial charge in [-0.05, 0) is 31.2 Å². The van der Waals surface area contributed by atoms with Gasteiger partial charge in [-0.25, -0.2) is 4.79 Å². The number of hydrogen-bond acceptors (Lipinski definition) is 4. The maximum absolute atomic E-state index is 11.7. The van der Waals surface area contributed by atoms with E-state index >= 15 is 0 Å². The zero-order chi connectivity index (χ0) is 15.0. The second kappa shape index (κ2) is 8.47. The number of carbonyl (C=O) groups is 2. The molecule has 2 amide bonds. The first-order chi connectivity index (χ1) is 9.58. The van der Waals surface area contributed by atoms with Crippen LogP contribution in [0, 0.1) is 0 Å². The van der Waals surface area contributed by atoms with Crippen LogP contribution in [0.4, 0.5) is 15.3 Å². The molecule has 5 nitrogen and oxygen atoms in total. The smallest absolute Gasteiger partial charge is 0.410 e. The van der Waals surface area contributed by atoms with Gasteiger partial charge in [0.1, 0.15) is 5.75 Å². The molecule has 0 fully saturated rings. The minimum absolute atomic E-state index is 0.113. The monoisotopic (exact) mass is 296 g/mol. The second-order valence-corrected chi connectivity index (χ2v) is 4.97. The molecule has 0 aliphatic heterocycles. The predicted molar refractivity (Wildman–Crippen MR) is 82.5 cm³/mol. The molecule has 0 heterocycles. The van der Waals surface area contributed by atoms with Crippen LogP contribution in [0.5, 0.6) is 5.75 Å². The second-order valence-electron chi connectivity index (χ2n) is 4.19. The minimum atomic E-state index is -0.480. The molecule has 0 aliphatic carbocycles. The largest absolute Gasteiger partial charge is 0.412 e.